The average molecular weight is 354 g/mol. The van der Waals surface area contributed by atoms with Gasteiger partial charge >= 0.3 is 0 Å². The highest BCUT2D eigenvalue weighted by atomic mass is 16.5. The second-order valence-electron chi connectivity index (χ2n) is 6.58. The van der Waals surface area contributed by atoms with Gasteiger partial charge in [-0.25, -0.2) is 0 Å². The molecule has 0 bridgehead atoms. The van der Waals surface area contributed by atoms with Gasteiger partial charge in [0.2, 0.25) is 0 Å². The third-order valence-corrected chi connectivity index (χ3v) is 4.45. The molecule has 0 radical (unpaired) electrons. The lowest BCUT2D eigenvalue weighted by molar-refractivity contribution is 0.0768. The van der Waals surface area contributed by atoms with E-state index in [0.29, 0.717) is 37.6 Å². The number of ether oxygens (including phenoxy) is 2. The summed E-state index contributed by atoms with van der Waals surface area (Å²) in [5.74, 6) is 1.47. The highest BCUT2D eigenvalue weighted by Gasteiger charge is 2.29. The normalized spacial score (nSPS) is 16.5. The maximum Gasteiger partial charge on any atom is 0.257 e. The summed E-state index contributed by atoms with van der Waals surface area (Å²) in [7, 11) is 0. The first-order valence-electron chi connectivity index (χ1n) is 9.12. The Morgan fingerprint density at radius 1 is 1.23 bits per heavy atom. The number of carbonyl (C=O) groups excluding carboxylic acids is 1. The molecule has 5 heteroatoms. The zero-order valence-electron chi connectivity index (χ0n) is 15.2. The van der Waals surface area contributed by atoms with Crippen molar-refractivity contribution in [1.29, 1.82) is 0 Å². The summed E-state index contributed by atoms with van der Waals surface area (Å²) in [6.07, 6.45) is 1.61. The molecule has 1 aliphatic rings. The zero-order chi connectivity index (χ0) is 18.4. The molecule has 2 N–H and O–H groups in total. The van der Waals surface area contributed by atoms with Crippen LogP contribution in [-0.2, 0) is 0 Å². The Kier molecular flexibility index (Phi) is 6.12. The Balaban J connectivity index is 1.66. The average Bonchev–Trinajstić information content (AvgIpc) is 3.11. The third kappa shape index (κ3) is 4.55. The van der Waals surface area contributed by atoms with Gasteiger partial charge in [-0.1, -0.05) is 24.3 Å². The number of rotatable bonds is 7. The van der Waals surface area contributed by atoms with E-state index in [1.54, 1.807) is 0 Å². The highest BCUT2D eigenvalue weighted by molar-refractivity contribution is 5.97. The highest BCUT2D eigenvalue weighted by Crippen LogP contribution is 2.25. The molecule has 2 aromatic rings. The number of aryl methyl sites for hydroxylation is 1. The van der Waals surface area contributed by atoms with Crippen LogP contribution in [0.15, 0.2) is 48.5 Å². The molecule has 1 saturated heterocycles. The van der Waals surface area contributed by atoms with E-state index in [1.807, 2.05) is 60.4 Å². The predicted molar refractivity (Wildman–Crippen MR) is 102 cm³/mol. The molecule has 0 unspecified atom stereocenters. The van der Waals surface area contributed by atoms with Crippen molar-refractivity contribution in [2.45, 2.75) is 25.9 Å². The number of para-hydroxylation sites is 1. The van der Waals surface area contributed by atoms with E-state index in [0.717, 1.165) is 24.2 Å². The molecule has 0 spiro atoms. The van der Waals surface area contributed by atoms with Crippen LogP contribution in [-0.4, -0.2) is 43.2 Å². The first-order valence-corrected chi connectivity index (χ1v) is 9.12. The summed E-state index contributed by atoms with van der Waals surface area (Å²) < 4.78 is 11.8. The number of likely N-dealkylation sites (tertiary alicyclic amines) is 1. The van der Waals surface area contributed by atoms with Crippen molar-refractivity contribution in [3.63, 3.8) is 0 Å². The maximum atomic E-state index is 13.0. The predicted octanol–water partition coefficient (Wildman–Crippen LogP) is 3.02. The standard InChI is InChI=1S/C21H26N2O3/c1-16-8-9-19(20(14-16)25-13-5-11-22)21(24)23-12-10-18(15-23)26-17-6-3-2-4-7-17/h2-4,6-9,14,18H,5,10-13,15,22H2,1H3/t18-/m0/s1. The minimum Gasteiger partial charge on any atom is -0.493 e. The van der Waals surface area contributed by atoms with Crippen LogP contribution in [0.2, 0.25) is 0 Å². The number of hydrogen-bond acceptors (Lipinski definition) is 4. The zero-order valence-corrected chi connectivity index (χ0v) is 15.2. The molecule has 2 aromatic carbocycles. The number of nitrogens with zero attached hydrogens (tertiary/aromatic N) is 1. The quantitative estimate of drug-likeness (QED) is 0.776. The van der Waals surface area contributed by atoms with E-state index < -0.39 is 0 Å². The SMILES string of the molecule is Cc1ccc(C(=O)N2CC[C@H](Oc3ccccc3)C2)c(OCCCN)c1. The molecule has 3 rings (SSSR count). The maximum absolute atomic E-state index is 13.0. The van der Waals surface area contributed by atoms with Gasteiger partial charge in [0.1, 0.15) is 17.6 Å². The molecule has 1 aliphatic heterocycles. The first kappa shape index (κ1) is 18.3. The van der Waals surface area contributed by atoms with E-state index >= 15 is 0 Å². The summed E-state index contributed by atoms with van der Waals surface area (Å²) in [4.78, 5) is 14.8. The summed E-state index contributed by atoms with van der Waals surface area (Å²) in [6, 6.07) is 15.4. The van der Waals surface area contributed by atoms with Crippen LogP contribution in [0.4, 0.5) is 0 Å². The number of carbonyl (C=O) groups is 1. The Hall–Kier alpha value is -2.53. The lowest BCUT2D eigenvalue weighted by Gasteiger charge is -2.19. The van der Waals surface area contributed by atoms with Crippen LogP contribution in [0.25, 0.3) is 0 Å². The Morgan fingerprint density at radius 2 is 2.04 bits per heavy atom. The van der Waals surface area contributed by atoms with Gasteiger partial charge in [0.05, 0.1) is 18.7 Å². The van der Waals surface area contributed by atoms with Crippen LogP contribution in [0.5, 0.6) is 11.5 Å². The first-order chi connectivity index (χ1) is 12.7. The van der Waals surface area contributed by atoms with Gasteiger partial charge in [0, 0.05) is 13.0 Å². The molecule has 0 saturated carbocycles. The smallest absolute Gasteiger partial charge is 0.257 e. The monoisotopic (exact) mass is 354 g/mol. The Bertz CT molecular complexity index is 733. The molecule has 138 valence electrons. The van der Waals surface area contributed by atoms with Crippen molar-refractivity contribution in [1.82, 2.24) is 4.90 Å². The minimum atomic E-state index is -0.00749. The van der Waals surface area contributed by atoms with E-state index in [4.69, 9.17) is 15.2 Å². The lowest BCUT2D eigenvalue weighted by Crippen LogP contribution is -2.31. The van der Waals surface area contributed by atoms with Crippen molar-refractivity contribution < 1.29 is 14.3 Å². The van der Waals surface area contributed by atoms with E-state index in [-0.39, 0.29) is 12.0 Å². The molecule has 0 aliphatic carbocycles. The fourth-order valence-corrected chi connectivity index (χ4v) is 3.06. The van der Waals surface area contributed by atoms with Gasteiger partial charge in [-0.05, 0) is 49.7 Å². The van der Waals surface area contributed by atoms with Gasteiger partial charge in [0.25, 0.3) is 5.91 Å². The van der Waals surface area contributed by atoms with Gasteiger partial charge in [-0.2, -0.15) is 0 Å². The second-order valence-corrected chi connectivity index (χ2v) is 6.58. The Labute approximate surface area is 154 Å². The number of benzene rings is 2. The number of amides is 1. The topological polar surface area (TPSA) is 64.8 Å². The largest absolute Gasteiger partial charge is 0.493 e. The number of hydrogen-bond donors (Lipinski definition) is 1. The fourth-order valence-electron chi connectivity index (χ4n) is 3.06. The molecule has 1 amide bonds. The molecular formula is C21H26N2O3. The molecule has 26 heavy (non-hydrogen) atoms. The molecular weight excluding hydrogens is 328 g/mol. The van der Waals surface area contributed by atoms with Crippen molar-refractivity contribution in [2.24, 2.45) is 5.73 Å². The van der Waals surface area contributed by atoms with Crippen molar-refractivity contribution in [3.8, 4) is 11.5 Å². The van der Waals surface area contributed by atoms with E-state index in [1.165, 1.54) is 0 Å². The van der Waals surface area contributed by atoms with Crippen LogP contribution >= 0.6 is 0 Å². The van der Waals surface area contributed by atoms with E-state index in [9.17, 15) is 4.79 Å². The molecule has 0 aromatic heterocycles. The van der Waals surface area contributed by atoms with Crippen LogP contribution in [0.1, 0.15) is 28.8 Å². The van der Waals surface area contributed by atoms with Crippen molar-refractivity contribution >= 4 is 5.91 Å². The van der Waals surface area contributed by atoms with Crippen LogP contribution < -0.4 is 15.2 Å². The van der Waals surface area contributed by atoms with Gasteiger partial charge < -0.3 is 20.1 Å². The lowest BCUT2D eigenvalue weighted by atomic mass is 10.1. The number of nitrogens with two attached hydrogens (primary N) is 1. The molecule has 1 fully saturated rings. The van der Waals surface area contributed by atoms with Gasteiger partial charge in [-0.3, -0.25) is 4.79 Å². The fraction of sp³-hybridized carbons (Fsp3) is 0.381. The summed E-state index contributed by atoms with van der Waals surface area (Å²) >= 11 is 0. The van der Waals surface area contributed by atoms with E-state index in [2.05, 4.69) is 0 Å². The molecule has 1 heterocycles. The van der Waals surface area contributed by atoms with Crippen molar-refractivity contribution in [3.05, 3.63) is 59.7 Å². The summed E-state index contributed by atoms with van der Waals surface area (Å²) in [6.45, 7) is 4.35. The van der Waals surface area contributed by atoms with Gasteiger partial charge in [0.15, 0.2) is 0 Å². The van der Waals surface area contributed by atoms with Crippen LogP contribution in [0.3, 0.4) is 0 Å². The summed E-state index contributed by atoms with van der Waals surface area (Å²) in [5, 5.41) is 0. The third-order valence-electron chi connectivity index (χ3n) is 4.45. The molecule has 1 atom stereocenters. The molecule has 5 nitrogen and oxygen atoms in total. The minimum absolute atomic E-state index is 0.00749. The summed E-state index contributed by atoms with van der Waals surface area (Å²) in [5.41, 5.74) is 7.20. The van der Waals surface area contributed by atoms with Gasteiger partial charge in [-0.15, -0.1) is 0 Å². The van der Waals surface area contributed by atoms with Crippen molar-refractivity contribution in [2.75, 3.05) is 26.2 Å². The Morgan fingerprint density at radius 3 is 2.81 bits per heavy atom. The second kappa shape index (κ2) is 8.72. The van der Waals surface area contributed by atoms with Crippen LogP contribution in [0, 0.1) is 6.92 Å².